The molecule has 0 spiro atoms. The van der Waals surface area contributed by atoms with E-state index in [0.29, 0.717) is 5.69 Å². The van der Waals surface area contributed by atoms with Crippen LogP contribution in [0, 0.1) is 19.7 Å². The quantitative estimate of drug-likeness (QED) is 0.855. The van der Waals surface area contributed by atoms with Crippen LogP contribution in [0.3, 0.4) is 0 Å². The van der Waals surface area contributed by atoms with Crippen LogP contribution in [0.4, 0.5) is 15.8 Å². The summed E-state index contributed by atoms with van der Waals surface area (Å²) in [6.45, 7) is 3.58. The molecule has 3 N–H and O–H groups in total. The molecule has 0 heterocycles. The highest BCUT2D eigenvalue weighted by Crippen LogP contribution is 2.26. The molecule has 4 nitrogen and oxygen atoms in total. The van der Waals surface area contributed by atoms with Crippen molar-refractivity contribution < 1.29 is 12.8 Å². The third kappa shape index (κ3) is 2.60. The van der Waals surface area contributed by atoms with E-state index in [1.165, 1.54) is 12.1 Å². The van der Waals surface area contributed by atoms with Crippen molar-refractivity contribution >= 4 is 21.4 Å². The summed E-state index contributed by atoms with van der Waals surface area (Å²) in [5.41, 5.74) is 7.17. The number of nitrogens with one attached hydrogen (secondary N) is 1. The number of benzene rings is 2. The lowest BCUT2D eigenvalue weighted by Gasteiger charge is -2.14. The minimum atomic E-state index is -3.93. The molecule has 6 heteroatoms. The van der Waals surface area contributed by atoms with Crippen LogP contribution in [0.2, 0.25) is 0 Å². The molecule has 0 unspecified atom stereocenters. The lowest BCUT2D eigenvalue weighted by molar-refractivity contribution is 0.597. The fraction of sp³-hybridized carbons (Fsp3) is 0.143. The zero-order valence-electron chi connectivity index (χ0n) is 11.1. The molecule has 0 aliphatic carbocycles. The number of para-hydroxylation sites is 2. The van der Waals surface area contributed by atoms with Crippen molar-refractivity contribution in [3.8, 4) is 0 Å². The van der Waals surface area contributed by atoms with Gasteiger partial charge in [-0.05, 0) is 37.1 Å². The van der Waals surface area contributed by atoms with Gasteiger partial charge < -0.3 is 5.73 Å². The van der Waals surface area contributed by atoms with Crippen LogP contribution >= 0.6 is 0 Å². The number of sulfonamides is 1. The molecule has 2 rings (SSSR count). The van der Waals surface area contributed by atoms with Crippen LogP contribution in [-0.4, -0.2) is 8.42 Å². The highest BCUT2D eigenvalue weighted by atomic mass is 32.2. The Morgan fingerprint density at radius 1 is 1.05 bits per heavy atom. The van der Waals surface area contributed by atoms with Crippen molar-refractivity contribution in [3.63, 3.8) is 0 Å². The molecule has 106 valence electrons. The number of aryl methyl sites for hydroxylation is 2. The molecule has 2 aromatic carbocycles. The number of hydrogen-bond donors (Lipinski definition) is 2. The van der Waals surface area contributed by atoms with Gasteiger partial charge in [0.15, 0.2) is 0 Å². The highest BCUT2D eigenvalue weighted by Gasteiger charge is 2.20. The Balaban J connectivity index is 2.50. The first-order valence-corrected chi connectivity index (χ1v) is 7.44. The first kappa shape index (κ1) is 14.3. The number of halogens is 1. The van der Waals surface area contributed by atoms with Gasteiger partial charge in [-0.15, -0.1) is 0 Å². The second-order valence-electron chi connectivity index (χ2n) is 4.52. The summed E-state index contributed by atoms with van der Waals surface area (Å²) < 4.78 is 40.5. The molecule has 2 aromatic rings. The average molecular weight is 294 g/mol. The van der Waals surface area contributed by atoms with Crippen molar-refractivity contribution in [3.05, 3.63) is 53.3 Å². The largest absolute Gasteiger partial charge is 0.395 e. The van der Waals surface area contributed by atoms with E-state index in [0.717, 1.165) is 17.2 Å². The summed E-state index contributed by atoms with van der Waals surface area (Å²) >= 11 is 0. The molecule has 0 amide bonds. The van der Waals surface area contributed by atoms with Crippen molar-refractivity contribution in [1.29, 1.82) is 0 Å². The molecule has 0 saturated carbocycles. The van der Waals surface area contributed by atoms with Gasteiger partial charge in [-0.3, -0.25) is 4.72 Å². The van der Waals surface area contributed by atoms with Gasteiger partial charge in [0, 0.05) is 0 Å². The van der Waals surface area contributed by atoms with E-state index in [1.54, 1.807) is 26.0 Å². The van der Waals surface area contributed by atoms with Gasteiger partial charge >= 0.3 is 0 Å². The van der Waals surface area contributed by atoms with E-state index < -0.39 is 15.8 Å². The first-order valence-electron chi connectivity index (χ1n) is 5.96. The molecule has 0 bridgehead atoms. The van der Waals surface area contributed by atoms with Crippen molar-refractivity contribution in [2.75, 3.05) is 10.5 Å². The number of anilines is 2. The predicted molar refractivity (Wildman–Crippen MR) is 77.5 cm³/mol. The van der Waals surface area contributed by atoms with Gasteiger partial charge in [0.1, 0.15) is 10.7 Å². The molecule has 0 aliphatic rings. The molecule has 0 aromatic heterocycles. The van der Waals surface area contributed by atoms with Crippen LogP contribution in [0.25, 0.3) is 0 Å². The highest BCUT2D eigenvalue weighted by molar-refractivity contribution is 7.92. The zero-order chi connectivity index (χ0) is 14.9. The molecular weight excluding hydrogens is 279 g/mol. The Hall–Kier alpha value is -2.08. The SMILES string of the molecule is Cc1cccc(C)c1NS(=O)(=O)c1cccc(F)c1N. The first-order chi connectivity index (χ1) is 9.33. The molecule has 0 radical (unpaired) electrons. The van der Waals surface area contributed by atoms with Crippen molar-refractivity contribution in [2.24, 2.45) is 0 Å². The molecule has 20 heavy (non-hydrogen) atoms. The molecule has 0 atom stereocenters. The van der Waals surface area contributed by atoms with Gasteiger partial charge in [-0.2, -0.15) is 0 Å². The molecular formula is C14H15FN2O2S. The molecule has 0 saturated heterocycles. The lowest BCUT2D eigenvalue weighted by atomic mass is 10.1. The number of hydrogen-bond acceptors (Lipinski definition) is 3. The Morgan fingerprint density at radius 3 is 2.20 bits per heavy atom. The Labute approximate surface area is 117 Å². The Bertz CT molecular complexity index is 738. The van der Waals surface area contributed by atoms with E-state index in [1.807, 2.05) is 6.07 Å². The van der Waals surface area contributed by atoms with Gasteiger partial charge in [-0.1, -0.05) is 24.3 Å². The van der Waals surface area contributed by atoms with Gasteiger partial charge in [0.2, 0.25) is 0 Å². The van der Waals surface area contributed by atoms with Crippen LogP contribution in [0.15, 0.2) is 41.3 Å². The summed E-state index contributed by atoms with van der Waals surface area (Å²) in [6, 6.07) is 9.12. The second-order valence-corrected chi connectivity index (χ2v) is 6.17. The van der Waals surface area contributed by atoms with Gasteiger partial charge in [-0.25, -0.2) is 12.8 Å². The zero-order valence-corrected chi connectivity index (χ0v) is 12.0. The van der Waals surface area contributed by atoms with E-state index in [-0.39, 0.29) is 10.6 Å². The van der Waals surface area contributed by atoms with Crippen LogP contribution < -0.4 is 10.5 Å². The van der Waals surface area contributed by atoms with E-state index in [4.69, 9.17) is 5.73 Å². The van der Waals surface area contributed by atoms with Crippen molar-refractivity contribution in [1.82, 2.24) is 0 Å². The van der Waals surface area contributed by atoms with Crippen LogP contribution in [-0.2, 0) is 10.0 Å². The summed E-state index contributed by atoms with van der Waals surface area (Å²) in [5.74, 6) is -0.755. The second kappa shape index (κ2) is 5.13. The van der Waals surface area contributed by atoms with E-state index >= 15 is 0 Å². The van der Waals surface area contributed by atoms with E-state index in [9.17, 15) is 12.8 Å². The number of nitrogens with two attached hydrogens (primary N) is 1. The van der Waals surface area contributed by atoms with Crippen LogP contribution in [0.5, 0.6) is 0 Å². The fourth-order valence-corrected chi connectivity index (χ4v) is 3.26. The number of nitrogen functional groups attached to an aromatic ring is 1. The van der Waals surface area contributed by atoms with Gasteiger partial charge in [0.05, 0.1) is 11.4 Å². The summed E-state index contributed by atoms with van der Waals surface area (Å²) in [7, 11) is -3.93. The minimum absolute atomic E-state index is 0.264. The molecule has 0 fully saturated rings. The average Bonchev–Trinajstić information content (AvgIpc) is 2.37. The third-order valence-electron chi connectivity index (χ3n) is 3.02. The summed E-state index contributed by atoms with van der Waals surface area (Å²) in [4.78, 5) is -0.264. The Morgan fingerprint density at radius 2 is 1.60 bits per heavy atom. The van der Waals surface area contributed by atoms with Crippen LogP contribution in [0.1, 0.15) is 11.1 Å². The normalized spacial score (nSPS) is 11.3. The van der Waals surface area contributed by atoms with Gasteiger partial charge in [0.25, 0.3) is 10.0 Å². The lowest BCUT2D eigenvalue weighted by Crippen LogP contribution is -2.16. The Kier molecular flexibility index (Phi) is 3.67. The third-order valence-corrected chi connectivity index (χ3v) is 4.43. The maximum absolute atomic E-state index is 13.4. The molecule has 0 aliphatic heterocycles. The summed E-state index contributed by atoms with van der Waals surface area (Å²) in [5, 5.41) is 0. The standard InChI is InChI=1S/C14H15FN2O2S/c1-9-5-3-6-10(2)14(9)17-20(18,19)12-8-4-7-11(15)13(12)16/h3-8,17H,16H2,1-2H3. The smallest absolute Gasteiger partial charge is 0.264 e. The monoisotopic (exact) mass is 294 g/mol. The summed E-state index contributed by atoms with van der Waals surface area (Å²) in [6.07, 6.45) is 0. The predicted octanol–water partition coefficient (Wildman–Crippen LogP) is 2.83. The fourth-order valence-electron chi connectivity index (χ4n) is 1.92. The minimum Gasteiger partial charge on any atom is -0.395 e. The van der Waals surface area contributed by atoms with Crippen molar-refractivity contribution in [2.45, 2.75) is 18.7 Å². The number of rotatable bonds is 3. The topological polar surface area (TPSA) is 72.2 Å². The maximum Gasteiger partial charge on any atom is 0.264 e. The maximum atomic E-state index is 13.4. The van der Waals surface area contributed by atoms with E-state index in [2.05, 4.69) is 4.72 Å².